The van der Waals surface area contributed by atoms with Gasteiger partial charge in [0.25, 0.3) is 0 Å². The van der Waals surface area contributed by atoms with Gasteiger partial charge in [-0.15, -0.1) is 0 Å². The third-order valence-corrected chi connectivity index (χ3v) is 0.142. The van der Waals surface area contributed by atoms with Gasteiger partial charge in [0.05, 0.1) is 5.09 Å². The first kappa shape index (κ1) is 16.2. The molecule has 0 aromatic heterocycles. The number of carbonyl (C=O) groups is 1. The largest absolute Gasteiger partial charge is 1.00 e. The van der Waals surface area contributed by atoms with E-state index in [1.807, 2.05) is 0 Å². The number of urea groups is 1. The summed E-state index contributed by atoms with van der Waals surface area (Å²) in [4.78, 5) is 17.6. The van der Waals surface area contributed by atoms with E-state index in [1.165, 1.54) is 0 Å². The fraction of sp³-hybridized carbons (Fsp3) is 0. The Labute approximate surface area is 77.9 Å². The first-order valence-corrected chi connectivity index (χ1v) is 1.58. The van der Waals surface area contributed by atoms with Gasteiger partial charge in [0, 0.05) is 0 Å². The Balaban J connectivity index is -0.0000000910. The number of rotatable bonds is 0. The predicted molar refractivity (Wildman–Crippen MR) is 27.3 cm³/mol. The normalized spacial score (nSPS) is 5.70. The van der Waals surface area contributed by atoms with Crippen LogP contribution in [0.25, 0.3) is 0 Å². The van der Waals surface area contributed by atoms with Gasteiger partial charge >= 0.3 is 35.6 Å². The van der Waals surface area contributed by atoms with Crippen LogP contribution >= 0.6 is 0 Å². The summed E-state index contributed by atoms with van der Waals surface area (Å²) in [6, 6.07) is -0.718. The zero-order valence-corrected chi connectivity index (χ0v) is 7.23. The fourth-order valence-electron chi connectivity index (χ4n) is 0. The molecule has 0 radical (unpaired) electrons. The minimum absolute atomic E-state index is 0. The van der Waals surface area contributed by atoms with Crippen molar-refractivity contribution in [1.82, 2.24) is 5.43 Å². The average molecular weight is 160 g/mol. The zero-order valence-electron chi connectivity index (χ0n) is 5.23. The Morgan fingerprint density at radius 2 is 1.60 bits per heavy atom. The first-order chi connectivity index (χ1) is 4.00. The average Bonchev–Trinajstić information content (AvgIpc) is 1.65. The van der Waals surface area contributed by atoms with Crippen LogP contribution in [0.1, 0.15) is 0 Å². The minimum Gasteiger partial charge on any atom is -0.356 e. The van der Waals surface area contributed by atoms with Crippen molar-refractivity contribution in [3.8, 4) is 0 Å². The number of nitrogens with zero attached hydrogens (tertiary/aromatic N) is 1. The fourth-order valence-corrected chi connectivity index (χ4v) is 0. The molecule has 0 unspecified atom stereocenters. The third-order valence-electron chi connectivity index (χ3n) is 0.142. The SMILES string of the molecule is NNC(N)=O.O=[N+]([O-])[O-].[Na+]. The number of nitrogens with one attached hydrogen (secondary N) is 1. The molecule has 10 heavy (non-hydrogen) atoms. The molecule has 0 atom stereocenters. The molecule has 0 aromatic carbocycles. The quantitative estimate of drug-likeness (QED) is 0.107. The molecule has 0 aromatic rings. The number of primary amides is 1. The number of nitrogens with two attached hydrogens (primary N) is 2. The van der Waals surface area contributed by atoms with Gasteiger partial charge in [-0.2, -0.15) is 0 Å². The van der Waals surface area contributed by atoms with Gasteiger partial charge in [-0.25, -0.2) is 10.6 Å². The van der Waals surface area contributed by atoms with Crippen molar-refractivity contribution >= 4 is 6.03 Å². The van der Waals surface area contributed by atoms with Gasteiger partial charge in [0.1, 0.15) is 0 Å². The maximum atomic E-state index is 9.35. The Morgan fingerprint density at radius 1 is 1.50 bits per heavy atom. The van der Waals surface area contributed by atoms with Crippen LogP contribution in [-0.4, -0.2) is 11.1 Å². The summed E-state index contributed by atoms with van der Waals surface area (Å²) >= 11 is 0. The van der Waals surface area contributed by atoms with Crippen LogP contribution in [0.3, 0.4) is 0 Å². The molecular formula is CH5N4NaO4. The number of hydrogen-bond donors (Lipinski definition) is 3. The van der Waals surface area contributed by atoms with E-state index in [9.17, 15) is 4.79 Å². The van der Waals surface area contributed by atoms with Crippen LogP contribution in [0.2, 0.25) is 0 Å². The molecule has 0 fully saturated rings. The molecule has 0 heterocycles. The van der Waals surface area contributed by atoms with E-state index in [2.05, 4.69) is 11.6 Å². The number of amides is 2. The summed E-state index contributed by atoms with van der Waals surface area (Å²) in [5.41, 5.74) is 6.08. The van der Waals surface area contributed by atoms with Crippen molar-refractivity contribution in [2.75, 3.05) is 0 Å². The van der Waals surface area contributed by atoms with E-state index in [-0.39, 0.29) is 29.6 Å². The molecule has 0 bridgehead atoms. The molecule has 0 aliphatic heterocycles. The standard InChI is InChI=1S/CH5N3O.NO3.Na/c2-1(5)4-3;2-1(3)4;/h3H2,(H3,2,4,5);;/q;-1;+1. The Bertz CT molecular complexity index is 101. The second kappa shape index (κ2) is 11.3. The third kappa shape index (κ3) is 150. The van der Waals surface area contributed by atoms with Gasteiger partial charge in [-0.3, -0.25) is 5.43 Å². The van der Waals surface area contributed by atoms with E-state index < -0.39 is 11.1 Å². The van der Waals surface area contributed by atoms with Crippen molar-refractivity contribution < 1.29 is 39.4 Å². The van der Waals surface area contributed by atoms with Gasteiger partial charge in [0.2, 0.25) is 0 Å². The van der Waals surface area contributed by atoms with Crippen LogP contribution in [0.4, 0.5) is 4.79 Å². The molecular weight excluding hydrogens is 155 g/mol. The van der Waals surface area contributed by atoms with E-state index in [4.69, 9.17) is 15.3 Å². The van der Waals surface area contributed by atoms with Crippen LogP contribution in [0, 0.1) is 15.3 Å². The van der Waals surface area contributed by atoms with Gasteiger partial charge < -0.3 is 21.1 Å². The number of carbonyl (C=O) groups excluding carboxylic acids is 1. The summed E-state index contributed by atoms with van der Waals surface area (Å²) in [6.45, 7) is 0. The van der Waals surface area contributed by atoms with Crippen LogP contribution < -0.4 is 46.6 Å². The predicted octanol–water partition coefficient (Wildman–Crippen LogP) is -4.71. The zero-order chi connectivity index (χ0) is 7.86. The van der Waals surface area contributed by atoms with Gasteiger partial charge in [-0.05, 0) is 0 Å². The van der Waals surface area contributed by atoms with Crippen molar-refractivity contribution in [2.24, 2.45) is 11.6 Å². The monoisotopic (exact) mass is 160 g/mol. The first-order valence-electron chi connectivity index (χ1n) is 1.58. The maximum absolute atomic E-state index is 9.35. The van der Waals surface area contributed by atoms with E-state index in [0.717, 1.165) is 0 Å². The van der Waals surface area contributed by atoms with Crippen molar-refractivity contribution in [3.63, 3.8) is 0 Å². The summed E-state index contributed by atoms with van der Waals surface area (Å²) in [5.74, 6) is 4.45. The minimum atomic E-state index is -1.75. The topological polar surface area (TPSA) is 147 Å². The van der Waals surface area contributed by atoms with Gasteiger partial charge in [0.15, 0.2) is 0 Å². The molecule has 0 rings (SSSR count). The summed E-state index contributed by atoms with van der Waals surface area (Å²) in [6.07, 6.45) is 0. The second-order valence-electron chi connectivity index (χ2n) is 0.732. The van der Waals surface area contributed by atoms with E-state index >= 15 is 0 Å². The molecule has 0 aliphatic rings. The Kier molecular flexibility index (Phi) is 18.2. The maximum Gasteiger partial charge on any atom is 1.00 e. The molecule has 8 nitrogen and oxygen atoms in total. The molecule has 5 N–H and O–H groups in total. The smallest absolute Gasteiger partial charge is 0.356 e. The van der Waals surface area contributed by atoms with E-state index in [1.54, 1.807) is 5.43 Å². The van der Waals surface area contributed by atoms with Crippen molar-refractivity contribution in [1.29, 1.82) is 0 Å². The molecule has 54 valence electrons. The Hall–Kier alpha value is -0.570. The summed E-state index contributed by atoms with van der Waals surface area (Å²) in [5, 5.41) is 14.8. The summed E-state index contributed by atoms with van der Waals surface area (Å²) < 4.78 is 0. The number of hydrogen-bond acceptors (Lipinski definition) is 5. The molecule has 0 spiro atoms. The molecule has 0 saturated heterocycles. The molecule has 0 saturated carbocycles. The molecule has 2 amide bonds. The molecule has 9 heteroatoms. The van der Waals surface area contributed by atoms with Crippen LogP contribution in [0.15, 0.2) is 0 Å². The van der Waals surface area contributed by atoms with E-state index in [0.29, 0.717) is 0 Å². The number of hydrazine groups is 1. The second-order valence-corrected chi connectivity index (χ2v) is 0.732. The van der Waals surface area contributed by atoms with Crippen LogP contribution in [0.5, 0.6) is 0 Å². The summed E-state index contributed by atoms with van der Waals surface area (Å²) in [7, 11) is 0. The Morgan fingerprint density at radius 3 is 1.60 bits per heavy atom. The van der Waals surface area contributed by atoms with Crippen molar-refractivity contribution in [2.45, 2.75) is 0 Å². The van der Waals surface area contributed by atoms with Crippen molar-refractivity contribution in [3.05, 3.63) is 15.3 Å². The molecule has 0 aliphatic carbocycles. The van der Waals surface area contributed by atoms with Gasteiger partial charge in [-0.1, -0.05) is 0 Å². The van der Waals surface area contributed by atoms with Crippen LogP contribution in [-0.2, 0) is 0 Å².